The minimum atomic E-state index is -0.0933. The Bertz CT molecular complexity index is 632. The molecule has 2 aliphatic rings. The molecule has 1 aliphatic heterocycles. The summed E-state index contributed by atoms with van der Waals surface area (Å²) in [6.45, 7) is 2.91. The average molecular weight is 347 g/mol. The van der Waals surface area contributed by atoms with Crippen LogP contribution in [0.1, 0.15) is 44.6 Å². The quantitative estimate of drug-likeness (QED) is 0.766. The van der Waals surface area contributed by atoms with E-state index < -0.39 is 0 Å². The summed E-state index contributed by atoms with van der Waals surface area (Å²) in [6.07, 6.45) is 4.45. The Morgan fingerprint density at radius 2 is 2.00 bits per heavy atom. The van der Waals surface area contributed by atoms with Crippen LogP contribution in [0, 0.1) is 0 Å². The lowest BCUT2D eigenvalue weighted by molar-refractivity contribution is -0.151. The van der Waals surface area contributed by atoms with E-state index in [4.69, 9.17) is 14.2 Å². The number of nitrogens with zero attached hydrogens (tertiary/aromatic N) is 1. The lowest BCUT2D eigenvalue weighted by Gasteiger charge is -2.44. The highest BCUT2D eigenvalue weighted by Gasteiger charge is 2.51. The Hall–Kier alpha value is -1.75. The summed E-state index contributed by atoms with van der Waals surface area (Å²) in [4.78, 5) is 14.1. The zero-order chi connectivity index (χ0) is 18.0. The van der Waals surface area contributed by atoms with Crippen molar-refractivity contribution in [3.8, 4) is 11.5 Å². The highest BCUT2D eigenvalue weighted by Crippen LogP contribution is 2.50. The van der Waals surface area contributed by atoms with Crippen molar-refractivity contribution in [2.45, 2.75) is 56.6 Å². The summed E-state index contributed by atoms with van der Waals surface area (Å²) in [5, 5.41) is 0. The van der Waals surface area contributed by atoms with Gasteiger partial charge in [0.05, 0.1) is 14.2 Å². The summed E-state index contributed by atoms with van der Waals surface area (Å²) >= 11 is 0. The molecule has 0 spiro atoms. The molecule has 1 saturated carbocycles. The van der Waals surface area contributed by atoms with Gasteiger partial charge in [-0.1, -0.05) is 13.0 Å². The normalized spacial score (nSPS) is 29.1. The molecule has 5 nitrogen and oxygen atoms in total. The molecule has 5 heteroatoms. The number of benzene rings is 1. The maximum absolute atomic E-state index is 11.7. The van der Waals surface area contributed by atoms with Crippen LogP contribution >= 0.6 is 0 Å². The Morgan fingerprint density at radius 3 is 2.68 bits per heavy atom. The lowest BCUT2D eigenvalue weighted by atomic mass is 9.65. The number of carbonyl (C=O) groups is 1. The Labute approximate surface area is 150 Å². The van der Waals surface area contributed by atoms with Gasteiger partial charge in [-0.15, -0.1) is 0 Å². The molecule has 1 aromatic rings. The van der Waals surface area contributed by atoms with Gasteiger partial charge in [0, 0.05) is 24.3 Å². The Morgan fingerprint density at radius 1 is 1.24 bits per heavy atom. The molecule has 0 bridgehead atoms. The monoisotopic (exact) mass is 347 g/mol. The summed E-state index contributed by atoms with van der Waals surface area (Å²) in [5.74, 6) is 1.45. The molecule has 1 aliphatic carbocycles. The van der Waals surface area contributed by atoms with Gasteiger partial charge in [0.2, 0.25) is 0 Å². The molecule has 3 rings (SSSR count). The van der Waals surface area contributed by atoms with Crippen molar-refractivity contribution in [2.24, 2.45) is 0 Å². The van der Waals surface area contributed by atoms with E-state index in [-0.39, 0.29) is 17.5 Å². The van der Waals surface area contributed by atoms with Crippen molar-refractivity contribution in [3.63, 3.8) is 0 Å². The van der Waals surface area contributed by atoms with Crippen molar-refractivity contribution in [3.05, 3.63) is 23.8 Å². The van der Waals surface area contributed by atoms with Gasteiger partial charge in [-0.05, 0) is 50.6 Å². The largest absolute Gasteiger partial charge is 0.493 e. The van der Waals surface area contributed by atoms with Crippen molar-refractivity contribution in [2.75, 3.05) is 27.8 Å². The van der Waals surface area contributed by atoms with Crippen LogP contribution in [0.15, 0.2) is 18.2 Å². The third-order valence-electron chi connectivity index (χ3n) is 6.02. The minimum absolute atomic E-state index is 0.0336. The topological polar surface area (TPSA) is 48.0 Å². The number of methoxy groups -OCH3 is 2. The van der Waals surface area contributed by atoms with Crippen LogP contribution in [0.2, 0.25) is 0 Å². The third-order valence-corrected chi connectivity index (χ3v) is 6.02. The SMILES string of the molecule is CCC(=O)O[C@@H]1CC[C@@]2(c3ccc(OC)c(OC)c3)CCN(C)[C@H]2C1. The van der Waals surface area contributed by atoms with Crippen LogP contribution in [0.25, 0.3) is 0 Å². The third kappa shape index (κ3) is 3.22. The van der Waals surface area contributed by atoms with E-state index in [2.05, 4.69) is 24.1 Å². The predicted octanol–water partition coefficient (Wildman–Crippen LogP) is 3.15. The molecule has 1 saturated heterocycles. The maximum Gasteiger partial charge on any atom is 0.305 e. The molecule has 138 valence electrons. The number of rotatable bonds is 5. The van der Waals surface area contributed by atoms with Crippen molar-refractivity contribution < 1.29 is 19.0 Å². The molecule has 0 radical (unpaired) electrons. The highest BCUT2D eigenvalue weighted by molar-refractivity contribution is 5.69. The summed E-state index contributed by atoms with van der Waals surface area (Å²) in [5.41, 5.74) is 1.41. The molecule has 3 atom stereocenters. The van der Waals surface area contributed by atoms with E-state index in [0.29, 0.717) is 12.5 Å². The van der Waals surface area contributed by atoms with Gasteiger partial charge < -0.3 is 19.1 Å². The lowest BCUT2D eigenvalue weighted by Crippen LogP contribution is -2.48. The van der Waals surface area contributed by atoms with Crippen LogP contribution in [0.3, 0.4) is 0 Å². The number of ether oxygens (including phenoxy) is 3. The smallest absolute Gasteiger partial charge is 0.305 e. The Balaban J connectivity index is 1.88. The minimum Gasteiger partial charge on any atom is -0.493 e. The number of esters is 1. The summed E-state index contributed by atoms with van der Waals surface area (Å²) in [7, 11) is 5.52. The first kappa shape index (κ1) is 18.1. The number of hydrogen-bond acceptors (Lipinski definition) is 5. The van der Waals surface area contributed by atoms with Gasteiger partial charge >= 0.3 is 5.97 Å². The van der Waals surface area contributed by atoms with E-state index in [1.54, 1.807) is 14.2 Å². The molecule has 0 amide bonds. The van der Waals surface area contributed by atoms with Gasteiger partial charge in [-0.2, -0.15) is 0 Å². The second-order valence-electron chi connectivity index (χ2n) is 7.21. The molecule has 0 N–H and O–H groups in total. The van der Waals surface area contributed by atoms with Crippen LogP contribution < -0.4 is 9.47 Å². The van der Waals surface area contributed by atoms with Crippen molar-refractivity contribution in [1.29, 1.82) is 0 Å². The molecular weight excluding hydrogens is 318 g/mol. The van der Waals surface area contributed by atoms with E-state index >= 15 is 0 Å². The van der Waals surface area contributed by atoms with E-state index in [9.17, 15) is 4.79 Å². The molecule has 1 heterocycles. The summed E-state index contributed by atoms with van der Waals surface area (Å²) < 4.78 is 16.6. The van der Waals surface area contributed by atoms with Gasteiger partial charge in [-0.25, -0.2) is 0 Å². The van der Waals surface area contributed by atoms with Crippen molar-refractivity contribution >= 4 is 5.97 Å². The molecule has 2 fully saturated rings. The van der Waals surface area contributed by atoms with Gasteiger partial charge in [-0.3, -0.25) is 4.79 Å². The zero-order valence-corrected chi connectivity index (χ0v) is 15.7. The number of likely N-dealkylation sites (tertiary alicyclic amines) is 1. The predicted molar refractivity (Wildman–Crippen MR) is 96.3 cm³/mol. The Kier molecular flexibility index (Phi) is 5.23. The molecule has 0 aromatic heterocycles. The van der Waals surface area contributed by atoms with Crippen LogP contribution in [-0.2, 0) is 14.9 Å². The first-order valence-corrected chi connectivity index (χ1v) is 9.16. The molecule has 0 unspecified atom stereocenters. The second-order valence-corrected chi connectivity index (χ2v) is 7.21. The average Bonchev–Trinajstić information content (AvgIpc) is 2.98. The van der Waals surface area contributed by atoms with E-state index in [0.717, 1.165) is 43.7 Å². The molecule has 1 aromatic carbocycles. The maximum atomic E-state index is 11.7. The molecular formula is C20H29NO4. The number of hydrogen-bond donors (Lipinski definition) is 0. The van der Waals surface area contributed by atoms with Gasteiger partial charge in [0.15, 0.2) is 11.5 Å². The van der Waals surface area contributed by atoms with Crippen LogP contribution in [0.5, 0.6) is 11.5 Å². The number of likely N-dealkylation sites (N-methyl/N-ethyl adjacent to an activating group) is 1. The number of carbonyl (C=O) groups excluding carboxylic acids is 1. The van der Waals surface area contributed by atoms with E-state index in [1.807, 2.05) is 13.0 Å². The van der Waals surface area contributed by atoms with Crippen LogP contribution in [-0.4, -0.2) is 50.8 Å². The molecule has 25 heavy (non-hydrogen) atoms. The first-order valence-electron chi connectivity index (χ1n) is 9.16. The first-order chi connectivity index (χ1) is 12.0. The van der Waals surface area contributed by atoms with Gasteiger partial charge in [0.1, 0.15) is 6.10 Å². The second kappa shape index (κ2) is 7.24. The van der Waals surface area contributed by atoms with Crippen molar-refractivity contribution in [1.82, 2.24) is 4.90 Å². The standard InChI is InChI=1S/C20H29NO4/c1-5-19(22)25-15-8-9-20(10-11-21(2)18(20)13-15)14-6-7-16(23-3)17(12-14)24-4/h6-7,12,15,18H,5,8-11,13H2,1-4H3/t15-,18+,20+/m1/s1. The van der Waals surface area contributed by atoms with Gasteiger partial charge in [0.25, 0.3) is 0 Å². The fourth-order valence-corrected chi connectivity index (χ4v) is 4.61. The summed E-state index contributed by atoms with van der Waals surface area (Å²) in [6, 6.07) is 6.69. The number of fused-ring (bicyclic) bond motifs is 1. The zero-order valence-electron chi connectivity index (χ0n) is 15.7. The van der Waals surface area contributed by atoms with Crippen LogP contribution in [0.4, 0.5) is 0 Å². The fraction of sp³-hybridized carbons (Fsp3) is 0.650. The fourth-order valence-electron chi connectivity index (χ4n) is 4.61. The highest BCUT2D eigenvalue weighted by atomic mass is 16.5. The van der Waals surface area contributed by atoms with E-state index in [1.165, 1.54) is 5.56 Å².